The van der Waals surface area contributed by atoms with Crippen LogP contribution in [0.15, 0.2) is 36.9 Å². The summed E-state index contributed by atoms with van der Waals surface area (Å²) in [7, 11) is 0. The van der Waals surface area contributed by atoms with Gasteiger partial charge in [0.1, 0.15) is 19.1 Å². The summed E-state index contributed by atoms with van der Waals surface area (Å²) in [5.41, 5.74) is 1.33. The number of anilines is 1. The van der Waals surface area contributed by atoms with Gasteiger partial charge in [0.25, 0.3) is 0 Å². The Bertz CT molecular complexity index is 548. The van der Waals surface area contributed by atoms with Gasteiger partial charge in [0.2, 0.25) is 5.91 Å². The molecular formula is C11H10N4O3. The van der Waals surface area contributed by atoms with Crippen LogP contribution in [0.25, 0.3) is 5.69 Å². The van der Waals surface area contributed by atoms with Crippen molar-refractivity contribution in [1.82, 2.24) is 14.8 Å². The van der Waals surface area contributed by atoms with E-state index in [1.807, 2.05) is 0 Å². The van der Waals surface area contributed by atoms with Crippen molar-refractivity contribution in [3.63, 3.8) is 0 Å². The molecule has 0 aliphatic heterocycles. The van der Waals surface area contributed by atoms with E-state index < -0.39 is 18.3 Å². The molecule has 0 bridgehead atoms. The molecule has 0 radical (unpaired) electrons. The normalized spacial score (nSPS) is 10.0. The third-order valence-corrected chi connectivity index (χ3v) is 2.15. The van der Waals surface area contributed by atoms with Gasteiger partial charge in [-0.2, -0.15) is 5.10 Å². The van der Waals surface area contributed by atoms with E-state index in [4.69, 9.17) is 5.11 Å². The number of aromatic nitrogens is 3. The molecule has 0 spiro atoms. The molecule has 18 heavy (non-hydrogen) atoms. The highest BCUT2D eigenvalue weighted by atomic mass is 16.4. The van der Waals surface area contributed by atoms with Gasteiger partial charge in [-0.25, -0.2) is 9.67 Å². The molecule has 2 N–H and O–H groups in total. The summed E-state index contributed by atoms with van der Waals surface area (Å²) < 4.78 is 1.57. The molecule has 1 amide bonds. The highest BCUT2D eigenvalue weighted by Gasteiger charge is 2.07. The average molecular weight is 246 g/mol. The maximum absolute atomic E-state index is 11.2. The number of nitrogens with zero attached hydrogens (tertiary/aromatic N) is 3. The molecule has 0 atom stereocenters. The van der Waals surface area contributed by atoms with E-state index in [9.17, 15) is 9.59 Å². The largest absolute Gasteiger partial charge is 0.481 e. The zero-order chi connectivity index (χ0) is 13.0. The van der Waals surface area contributed by atoms with E-state index in [1.54, 1.807) is 35.3 Å². The van der Waals surface area contributed by atoms with E-state index in [-0.39, 0.29) is 0 Å². The summed E-state index contributed by atoms with van der Waals surface area (Å²) in [5.74, 6) is -1.72. The molecule has 0 unspecified atom stereocenters. The summed E-state index contributed by atoms with van der Waals surface area (Å²) in [6.07, 6.45) is 2.42. The molecule has 0 aliphatic rings. The second kappa shape index (κ2) is 5.09. The SMILES string of the molecule is O=C(O)CC(=O)Nc1ccc(-n2cncn2)cc1. The molecule has 2 aromatic rings. The quantitative estimate of drug-likeness (QED) is 0.773. The molecule has 0 saturated heterocycles. The van der Waals surface area contributed by atoms with Crippen molar-refractivity contribution in [1.29, 1.82) is 0 Å². The lowest BCUT2D eigenvalue weighted by Crippen LogP contribution is -2.15. The minimum Gasteiger partial charge on any atom is -0.481 e. The summed E-state index contributed by atoms with van der Waals surface area (Å²) >= 11 is 0. The van der Waals surface area contributed by atoms with Gasteiger partial charge in [-0.15, -0.1) is 0 Å². The Labute approximate surface area is 102 Å². The van der Waals surface area contributed by atoms with E-state index in [1.165, 1.54) is 6.33 Å². The fraction of sp³-hybridized carbons (Fsp3) is 0.0909. The maximum Gasteiger partial charge on any atom is 0.312 e. The van der Waals surface area contributed by atoms with E-state index >= 15 is 0 Å². The van der Waals surface area contributed by atoms with Crippen LogP contribution in [0.5, 0.6) is 0 Å². The van der Waals surface area contributed by atoms with Crippen molar-refractivity contribution in [2.75, 3.05) is 5.32 Å². The smallest absolute Gasteiger partial charge is 0.312 e. The van der Waals surface area contributed by atoms with Gasteiger partial charge in [0.15, 0.2) is 0 Å². The minimum atomic E-state index is -1.16. The van der Waals surface area contributed by atoms with Crippen molar-refractivity contribution >= 4 is 17.6 Å². The lowest BCUT2D eigenvalue weighted by molar-refractivity contribution is -0.139. The number of nitrogens with one attached hydrogen (secondary N) is 1. The fourth-order valence-corrected chi connectivity index (χ4v) is 1.38. The lowest BCUT2D eigenvalue weighted by Gasteiger charge is -2.05. The Balaban J connectivity index is 2.04. The van der Waals surface area contributed by atoms with Gasteiger partial charge in [-0.3, -0.25) is 9.59 Å². The van der Waals surface area contributed by atoms with Crippen LogP contribution in [0.4, 0.5) is 5.69 Å². The van der Waals surface area contributed by atoms with E-state index in [2.05, 4.69) is 15.4 Å². The van der Waals surface area contributed by atoms with Gasteiger partial charge in [-0.05, 0) is 24.3 Å². The highest BCUT2D eigenvalue weighted by Crippen LogP contribution is 2.12. The molecule has 2 rings (SSSR count). The monoisotopic (exact) mass is 246 g/mol. The number of amides is 1. The molecule has 7 heteroatoms. The van der Waals surface area contributed by atoms with Crippen LogP contribution >= 0.6 is 0 Å². The number of carbonyl (C=O) groups excluding carboxylic acids is 1. The molecule has 0 fully saturated rings. The van der Waals surface area contributed by atoms with E-state index in [0.717, 1.165) is 5.69 Å². The number of hydrogen-bond donors (Lipinski definition) is 2. The first kappa shape index (κ1) is 11.8. The van der Waals surface area contributed by atoms with Crippen molar-refractivity contribution in [2.45, 2.75) is 6.42 Å². The average Bonchev–Trinajstić information content (AvgIpc) is 2.82. The topological polar surface area (TPSA) is 97.1 Å². The molecule has 1 aromatic carbocycles. The third kappa shape index (κ3) is 2.91. The summed E-state index contributed by atoms with van der Waals surface area (Å²) in [6, 6.07) is 6.81. The number of benzene rings is 1. The fourth-order valence-electron chi connectivity index (χ4n) is 1.38. The zero-order valence-corrected chi connectivity index (χ0v) is 9.28. The first-order chi connectivity index (χ1) is 8.65. The first-order valence-corrected chi connectivity index (χ1v) is 5.12. The Morgan fingerprint density at radius 3 is 2.56 bits per heavy atom. The second-order valence-corrected chi connectivity index (χ2v) is 3.51. The van der Waals surface area contributed by atoms with Crippen LogP contribution in [0.1, 0.15) is 6.42 Å². The molecular weight excluding hydrogens is 236 g/mol. The highest BCUT2D eigenvalue weighted by molar-refractivity contribution is 6.01. The maximum atomic E-state index is 11.2. The summed E-state index contributed by atoms with van der Waals surface area (Å²) in [4.78, 5) is 25.4. The molecule has 0 aliphatic carbocycles. The zero-order valence-electron chi connectivity index (χ0n) is 9.28. The number of hydrogen-bond acceptors (Lipinski definition) is 4. The van der Waals surface area contributed by atoms with Crippen molar-refractivity contribution < 1.29 is 14.7 Å². The van der Waals surface area contributed by atoms with Crippen LogP contribution in [0.2, 0.25) is 0 Å². The number of aliphatic carboxylic acids is 1. The Hall–Kier alpha value is -2.70. The number of carboxylic acids is 1. The minimum absolute atomic E-state index is 0.533. The molecule has 7 nitrogen and oxygen atoms in total. The summed E-state index contributed by atoms with van der Waals surface area (Å²) in [6.45, 7) is 0. The molecule has 92 valence electrons. The predicted octanol–water partition coefficient (Wildman–Crippen LogP) is 0.681. The Morgan fingerprint density at radius 2 is 2.00 bits per heavy atom. The number of carboxylic acid groups (broad SMARTS) is 1. The standard InChI is InChI=1S/C11H10N4O3/c16-10(5-11(17)18)14-8-1-3-9(4-2-8)15-7-12-6-13-15/h1-4,6-7H,5H2,(H,14,16)(H,17,18). The van der Waals surface area contributed by atoms with Crippen molar-refractivity contribution in [2.24, 2.45) is 0 Å². The van der Waals surface area contributed by atoms with Gasteiger partial charge in [0.05, 0.1) is 5.69 Å². The van der Waals surface area contributed by atoms with Crippen LogP contribution in [0.3, 0.4) is 0 Å². The van der Waals surface area contributed by atoms with Crippen LogP contribution in [-0.4, -0.2) is 31.7 Å². The summed E-state index contributed by atoms with van der Waals surface area (Å²) in [5, 5.41) is 14.9. The van der Waals surface area contributed by atoms with Gasteiger partial charge >= 0.3 is 5.97 Å². The third-order valence-electron chi connectivity index (χ3n) is 2.15. The molecule has 1 heterocycles. The van der Waals surface area contributed by atoms with Crippen molar-refractivity contribution in [3.05, 3.63) is 36.9 Å². The Kier molecular flexibility index (Phi) is 3.33. The van der Waals surface area contributed by atoms with Crippen LogP contribution in [-0.2, 0) is 9.59 Å². The Morgan fingerprint density at radius 1 is 1.28 bits per heavy atom. The van der Waals surface area contributed by atoms with E-state index in [0.29, 0.717) is 5.69 Å². The molecule has 0 saturated carbocycles. The molecule has 1 aromatic heterocycles. The van der Waals surface area contributed by atoms with Crippen molar-refractivity contribution in [3.8, 4) is 5.69 Å². The van der Waals surface area contributed by atoms with Crippen LogP contribution in [0, 0.1) is 0 Å². The van der Waals surface area contributed by atoms with Gasteiger partial charge in [0, 0.05) is 5.69 Å². The first-order valence-electron chi connectivity index (χ1n) is 5.12. The van der Waals surface area contributed by atoms with Crippen LogP contribution < -0.4 is 5.32 Å². The van der Waals surface area contributed by atoms with Gasteiger partial charge in [-0.1, -0.05) is 0 Å². The van der Waals surface area contributed by atoms with Gasteiger partial charge < -0.3 is 10.4 Å². The second-order valence-electron chi connectivity index (χ2n) is 3.51. The number of rotatable bonds is 4. The predicted molar refractivity (Wildman–Crippen MR) is 62.2 cm³/mol. The number of carbonyl (C=O) groups is 2. The lowest BCUT2D eigenvalue weighted by atomic mass is 10.2.